The molecule has 0 aliphatic carbocycles. The van der Waals surface area contributed by atoms with Crippen LogP contribution < -0.4 is 5.56 Å². The third kappa shape index (κ3) is 4.53. The smallest absolute Gasteiger partial charge is 0.268 e. The molecule has 0 bridgehead atoms. The minimum atomic E-state index is -0.0355. The Labute approximate surface area is 212 Å². The largest absolute Gasteiger partial charge is 0.301 e. The molecule has 0 saturated carbocycles. The van der Waals surface area contributed by atoms with Crippen molar-refractivity contribution < 1.29 is 0 Å². The van der Waals surface area contributed by atoms with Gasteiger partial charge in [0.25, 0.3) is 5.56 Å². The van der Waals surface area contributed by atoms with E-state index in [-0.39, 0.29) is 5.56 Å². The van der Waals surface area contributed by atoms with Gasteiger partial charge in [-0.25, -0.2) is 8.97 Å². The minimum Gasteiger partial charge on any atom is -0.301 e. The lowest BCUT2D eigenvalue weighted by atomic mass is 10.1. The monoisotopic (exact) mass is 515 g/mol. The summed E-state index contributed by atoms with van der Waals surface area (Å²) < 4.78 is 3.78. The number of thiophene rings is 1. The summed E-state index contributed by atoms with van der Waals surface area (Å²) in [5.74, 6) is 1.55. The summed E-state index contributed by atoms with van der Waals surface area (Å²) >= 11 is 9.75. The number of fused-ring (bicyclic) bond motifs is 5. The first kappa shape index (κ1) is 23.9. The van der Waals surface area contributed by atoms with Gasteiger partial charge < -0.3 is 4.90 Å². The number of rotatable bonds is 9. The van der Waals surface area contributed by atoms with Gasteiger partial charge in [-0.2, -0.15) is 0 Å². The number of unbranched alkanes of at least 4 members (excludes halogenated alkanes) is 5. The van der Waals surface area contributed by atoms with Crippen molar-refractivity contribution in [3.8, 4) is 5.69 Å². The van der Waals surface area contributed by atoms with E-state index in [9.17, 15) is 4.79 Å². The lowest BCUT2D eigenvalue weighted by molar-refractivity contribution is 0.318. The first-order valence-electron chi connectivity index (χ1n) is 12.1. The number of hydrogen-bond donors (Lipinski definition) is 0. The number of benzene rings is 1. The lowest BCUT2D eigenvalue weighted by Gasteiger charge is -2.21. The third-order valence-electron chi connectivity index (χ3n) is 6.46. The fourth-order valence-corrected chi connectivity index (χ4v) is 7.26. The minimum absolute atomic E-state index is 0.0355. The average molecular weight is 516 g/mol. The van der Waals surface area contributed by atoms with Crippen molar-refractivity contribution in [3.63, 3.8) is 0 Å². The van der Waals surface area contributed by atoms with E-state index < -0.39 is 0 Å². The van der Waals surface area contributed by atoms with Crippen LogP contribution in [-0.2, 0) is 13.0 Å². The van der Waals surface area contributed by atoms with Gasteiger partial charge in [0.1, 0.15) is 4.83 Å². The number of nitrogens with zero attached hydrogens (tertiary/aromatic N) is 5. The van der Waals surface area contributed by atoms with Crippen LogP contribution >= 0.6 is 34.7 Å². The molecule has 0 fully saturated rings. The second-order valence-electron chi connectivity index (χ2n) is 9.03. The lowest BCUT2D eigenvalue weighted by Crippen LogP contribution is -2.27. The molecule has 180 valence electrons. The standard InChI is InChI=1S/C25H30ClN5OS2/c1-3-4-5-6-7-8-14-33-25-28-27-24-30(18-11-9-10-17(26)15-18)22(32)21-19-12-13-29(2)16-20(19)34-23(21)31(24)25/h9-11,15H,3-8,12-14,16H2,1-2H3. The van der Waals surface area contributed by atoms with Crippen molar-refractivity contribution in [2.24, 2.45) is 0 Å². The molecule has 4 aromatic rings. The fraction of sp³-hybridized carbons (Fsp3) is 0.480. The Bertz CT molecular complexity index is 1380. The van der Waals surface area contributed by atoms with Crippen LogP contribution in [0.1, 0.15) is 55.9 Å². The molecular formula is C25H30ClN5OS2. The van der Waals surface area contributed by atoms with Crippen LogP contribution in [-0.4, -0.2) is 43.4 Å². The molecule has 0 N–H and O–H groups in total. The fourth-order valence-electron chi connectivity index (χ4n) is 4.67. The Kier molecular flexibility index (Phi) is 7.30. The molecule has 0 spiro atoms. The second-order valence-corrected chi connectivity index (χ2v) is 11.6. The van der Waals surface area contributed by atoms with E-state index in [1.54, 1.807) is 27.7 Å². The van der Waals surface area contributed by atoms with Gasteiger partial charge in [-0.05, 0) is 43.7 Å². The molecule has 0 saturated heterocycles. The summed E-state index contributed by atoms with van der Waals surface area (Å²) in [5, 5.41) is 11.3. The van der Waals surface area contributed by atoms with Gasteiger partial charge in [-0.1, -0.05) is 68.5 Å². The zero-order valence-corrected chi connectivity index (χ0v) is 22.1. The normalized spacial score (nSPS) is 14.3. The Morgan fingerprint density at radius 3 is 2.79 bits per heavy atom. The number of likely N-dealkylation sites (N-methyl/N-ethyl adjacent to an activating group) is 1. The quantitative estimate of drug-likeness (QED) is 0.196. The number of halogens is 1. The van der Waals surface area contributed by atoms with Crippen molar-refractivity contribution in [1.29, 1.82) is 0 Å². The summed E-state index contributed by atoms with van der Waals surface area (Å²) in [7, 11) is 2.13. The predicted molar refractivity (Wildman–Crippen MR) is 143 cm³/mol. The van der Waals surface area contributed by atoms with Gasteiger partial charge in [0, 0.05) is 28.7 Å². The summed E-state index contributed by atoms with van der Waals surface area (Å²) in [6, 6.07) is 7.41. The Hall–Kier alpha value is -1.87. The Balaban J connectivity index is 1.59. The van der Waals surface area contributed by atoms with Crippen molar-refractivity contribution in [2.75, 3.05) is 19.3 Å². The highest BCUT2D eigenvalue weighted by Gasteiger charge is 2.26. The molecule has 5 rings (SSSR count). The van der Waals surface area contributed by atoms with Gasteiger partial charge in [0.15, 0.2) is 5.16 Å². The van der Waals surface area contributed by atoms with E-state index in [2.05, 4.69) is 33.5 Å². The van der Waals surface area contributed by atoms with E-state index in [1.165, 1.54) is 42.5 Å². The van der Waals surface area contributed by atoms with Crippen LogP contribution in [0.25, 0.3) is 21.7 Å². The molecule has 1 aliphatic rings. The molecule has 4 heterocycles. The maximum absolute atomic E-state index is 13.9. The predicted octanol–water partition coefficient (Wildman–Crippen LogP) is 6.19. The molecular weight excluding hydrogens is 486 g/mol. The van der Waals surface area contributed by atoms with Crippen LogP contribution in [0.5, 0.6) is 0 Å². The number of hydrogen-bond acceptors (Lipinski definition) is 6. The summed E-state index contributed by atoms with van der Waals surface area (Å²) in [6.07, 6.45) is 8.47. The summed E-state index contributed by atoms with van der Waals surface area (Å²) in [6.45, 7) is 4.07. The zero-order valence-electron chi connectivity index (χ0n) is 19.7. The molecule has 1 aromatic carbocycles. The number of thioether (sulfide) groups is 1. The molecule has 0 unspecified atom stereocenters. The maximum atomic E-state index is 13.9. The maximum Gasteiger partial charge on any atom is 0.268 e. The van der Waals surface area contributed by atoms with Crippen molar-refractivity contribution >= 4 is 50.7 Å². The first-order valence-corrected chi connectivity index (χ1v) is 14.3. The molecule has 0 atom stereocenters. The van der Waals surface area contributed by atoms with E-state index in [1.807, 2.05) is 24.3 Å². The van der Waals surface area contributed by atoms with Gasteiger partial charge in [0.2, 0.25) is 5.78 Å². The highest BCUT2D eigenvalue weighted by Crippen LogP contribution is 2.35. The van der Waals surface area contributed by atoms with Gasteiger partial charge in [-0.15, -0.1) is 21.5 Å². The third-order valence-corrected chi connectivity index (χ3v) is 8.91. The molecule has 1 aliphatic heterocycles. The van der Waals surface area contributed by atoms with Crippen molar-refractivity contribution in [2.45, 2.75) is 63.6 Å². The Morgan fingerprint density at radius 1 is 1.15 bits per heavy atom. The van der Waals surface area contributed by atoms with Gasteiger partial charge >= 0.3 is 0 Å². The second kappa shape index (κ2) is 10.4. The van der Waals surface area contributed by atoms with E-state index in [4.69, 9.17) is 11.6 Å². The van der Waals surface area contributed by atoms with Crippen LogP contribution in [0, 0.1) is 0 Å². The highest BCUT2D eigenvalue weighted by molar-refractivity contribution is 7.99. The van der Waals surface area contributed by atoms with Gasteiger partial charge in [-0.3, -0.25) is 4.79 Å². The van der Waals surface area contributed by atoms with Gasteiger partial charge in [0.05, 0.1) is 11.1 Å². The van der Waals surface area contributed by atoms with Crippen LogP contribution in [0.3, 0.4) is 0 Å². The van der Waals surface area contributed by atoms with E-state index >= 15 is 0 Å². The van der Waals surface area contributed by atoms with Crippen LogP contribution in [0.2, 0.25) is 5.02 Å². The van der Waals surface area contributed by atoms with E-state index in [0.29, 0.717) is 10.8 Å². The highest BCUT2D eigenvalue weighted by atomic mass is 35.5. The first-order chi connectivity index (χ1) is 16.6. The SMILES string of the molecule is CCCCCCCCSc1nnc2n(-c3cccc(Cl)c3)c(=O)c3c4c(sc3n12)CN(C)CC4. The molecule has 34 heavy (non-hydrogen) atoms. The molecule has 6 nitrogen and oxygen atoms in total. The molecule has 0 amide bonds. The molecule has 3 aromatic heterocycles. The molecule has 0 radical (unpaired) electrons. The van der Waals surface area contributed by atoms with Crippen molar-refractivity contribution in [1.82, 2.24) is 24.1 Å². The summed E-state index contributed by atoms with van der Waals surface area (Å²) in [5.41, 5.74) is 1.87. The van der Waals surface area contributed by atoms with Crippen molar-refractivity contribution in [3.05, 3.63) is 50.1 Å². The van der Waals surface area contributed by atoms with Crippen LogP contribution in [0.15, 0.2) is 34.2 Å². The summed E-state index contributed by atoms with van der Waals surface area (Å²) in [4.78, 5) is 18.4. The topological polar surface area (TPSA) is 55.4 Å². The molecule has 9 heteroatoms. The Morgan fingerprint density at radius 2 is 1.97 bits per heavy atom. The van der Waals surface area contributed by atoms with Crippen LogP contribution in [0.4, 0.5) is 0 Å². The zero-order chi connectivity index (χ0) is 23.7. The van der Waals surface area contributed by atoms with E-state index in [0.717, 1.165) is 52.7 Å². The average Bonchev–Trinajstić information content (AvgIpc) is 3.40. The number of aromatic nitrogens is 4.